The molecule has 114 valence electrons. The van der Waals surface area contributed by atoms with Gasteiger partial charge in [0.15, 0.2) is 0 Å². The summed E-state index contributed by atoms with van der Waals surface area (Å²) in [5.41, 5.74) is 1.44. The van der Waals surface area contributed by atoms with Crippen LogP contribution >= 0.6 is 0 Å². The summed E-state index contributed by atoms with van der Waals surface area (Å²) in [4.78, 5) is 11.7. The van der Waals surface area contributed by atoms with Gasteiger partial charge in [0.05, 0.1) is 0 Å². The highest BCUT2D eigenvalue weighted by atomic mass is 16.1. The van der Waals surface area contributed by atoms with Crippen LogP contribution in [0, 0.1) is 0 Å². The number of hydrogen-bond donors (Lipinski definition) is 2. The van der Waals surface area contributed by atoms with E-state index >= 15 is 0 Å². The van der Waals surface area contributed by atoms with Crippen LogP contribution in [0.3, 0.4) is 0 Å². The highest BCUT2D eigenvalue weighted by Crippen LogP contribution is 2.32. The molecule has 0 bridgehead atoms. The Bertz CT molecular complexity index is 456. The molecule has 1 amide bonds. The fourth-order valence-electron chi connectivity index (χ4n) is 3.37. The molecule has 3 heteroatoms. The summed E-state index contributed by atoms with van der Waals surface area (Å²) in [7, 11) is 0. The molecule has 0 aliphatic heterocycles. The predicted molar refractivity (Wildman–Crippen MR) is 85.2 cm³/mol. The minimum Gasteiger partial charge on any atom is -0.353 e. The van der Waals surface area contributed by atoms with E-state index in [1.165, 1.54) is 31.2 Å². The first-order valence-electron chi connectivity index (χ1n) is 8.40. The van der Waals surface area contributed by atoms with Gasteiger partial charge in [-0.15, -0.1) is 0 Å². The number of hydrogen-bond acceptors (Lipinski definition) is 2. The lowest BCUT2D eigenvalue weighted by molar-refractivity contribution is -0.121. The number of rotatable bonds is 6. The minimum atomic E-state index is 0.206. The first-order valence-corrected chi connectivity index (χ1v) is 8.40. The van der Waals surface area contributed by atoms with Gasteiger partial charge in [-0.05, 0) is 37.2 Å². The third-order valence-corrected chi connectivity index (χ3v) is 4.69. The Morgan fingerprint density at radius 2 is 1.81 bits per heavy atom. The highest BCUT2D eigenvalue weighted by molar-refractivity contribution is 5.76. The number of benzene rings is 1. The maximum atomic E-state index is 11.7. The van der Waals surface area contributed by atoms with Crippen molar-refractivity contribution in [3.8, 4) is 0 Å². The maximum absolute atomic E-state index is 11.7. The predicted octanol–water partition coefficient (Wildman–Crippen LogP) is 2.97. The zero-order valence-corrected chi connectivity index (χ0v) is 12.7. The van der Waals surface area contributed by atoms with E-state index in [0.29, 0.717) is 24.4 Å². The van der Waals surface area contributed by atoms with Crippen LogP contribution in [0.2, 0.25) is 0 Å². The van der Waals surface area contributed by atoms with E-state index in [9.17, 15) is 4.79 Å². The van der Waals surface area contributed by atoms with Gasteiger partial charge in [0.2, 0.25) is 5.91 Å². The Hall–Kier alpha value is -1.35. The summed E-state index contributed by atoms with van der Waals surface area (Å²) < 4.78 is 0. The molecule has 2 atom stereocenters. The molecule has 2 aliphatic rings. The number of carbonyl (C=O) groups excluding carboxylic acids is 1. The summed E-state index contributed by atoms with van der Waals surface area (Å²) in [5, 5.41) is 6.69. The van der Waals surface area contributed by atoms with Crippen LogP contribution in [0.15, 0.2) is 30.3 Å². The zero-order chi connectivity index (χ0) is 14.5. The number of carbonyl (C=O) groups is 1. The molecule has 2 N–H and O–H groups in total. The van der Waals surface area contributed by atoms with Gasteiger partial charge in [0.1, 0.15) is 0 Å². The topological polar surface area (TPSA) is 41.1 Å². The summed E-state index contributed by atoms with van der Waals surface area (Å²) in [6, 6.07) is 11.8. The molecule has 21 heavy (non-hydrogen) atoms. The van der Waals surface area contributed by atoms with Gasteiger partial charge in [0, 0.05) is 25.0 Å². The van der Waals surface area contributed by atoms with E-state index in [1.54, 1.807) is 0 Å². The first-order chi connectivity index (χ1) is 10.3. The third kappa shape index (κ3) is 4.31. The van der Waals surface area contributed by atoms with Crippen molar-refractivity contribution < 1.29 is 4.79 Å². The molecule has 2 saturated carbocycles. The van der Waals surface area contributed by atoms with Gasteiger partial charge in [-0.25, -0.2) is 0 Å². The molecule has 2 aliphatic carbocycles. The molecule has 2 unspecified atom stereocenters. The summed E-state index contributed by atoms with van der Waals surface area (Å²) >= 11 is 0. The van der Waals surface area contributed by atoms with Crippen LogP contribution in [0.5, 0.6) is 0 Å². The smallest absolute Gasteiger partial charge is 0.221 e. The van der Waals surface area contributed by atoms with Gasteiger partial charge in [0.25, 0.3) is 0 Å². The largest absolute Gasteiger partial charge is 0.353 e. The molecule has 2 fully saturated rings. The summed E-state index contributed by atoms with van der Waals surface area (Å²) in [6.07, 6.45) is 8.04. The van der Waals surface area contributed by atoms with E-state index in [-0.39, 0.29) is 5.91 Å². The Balaban J connectivity index is 1.48. The Labute approximate surface area is 127 Å². The third-order valence-electron chi connectivity index (χ3n) is 4.69. The van der Waals surface area contributed by atoms with Crippen molar-refractivity contribution >= 4 is 5.91 Å². The summed E-state index contributed by atoms with van der Waals surface area (Å²) in [5.74, 6) is 0.809. The van der Waals surface area contributed by atoms with Crippen LogP contribution in [0.1, 0.15) is 56.4 Å². The molecular weight excluding hydrogens is 260 g/mol. The average Bonchev–Trinajstić information content (AvgIpc) is 3.32. The molecule has 1 aromatic rings. The standard InChI is InChI=1S/C18H26N2O/c21-18(20-15-10-11-15)12-13-19-17-9-5-4-8-16(17)14-6-2-1-3-7-14/h1-3,6-7,15-17,19H,4-5,8-13H2,(H,20,21). The minimum absolute atomic E-state index is 0.206. The lowest BCUT2D eigenvalue weighted by Gasteiger charge is -2.32. The average molecular weight is 286 g/mol. The number of nitrogens with one attached hydrogen (secondary N) is 2. The van der Waals surface area contributed by atoms with Crippen LogP contribution in [0.25, 0.3) is 0 Å². The van der Waals surface area contributed by atoms with Gasteiger partial charge in [-0.2, -0.15) is 0 Å². The SMILES string of the molecule is O=C(CCNC1CCCCC1c1ccccc1)NC1CC1. The molecule has 0 heterocycles. The van der Waals surface area contributed by atoms with Crippen molar-refractivity contribution in [3.05, 3.63) is 35.9 Å². The van der Waals surface area contributed by atoms with Gasteiger partial charge in [-0.3, -0.25) is 4.79 Å². The van der Waals surface area contributed by atoms with Crippen LogP contribution in [-0.2, 0) is 4.79 Å². The van der Waals surface area contributed by atoms with Crippen molar-refractivity contribution in [3.63, 3.8) is 0 Å². The lowest BCUT2D eigenvalue weighted by Crippen LogP contribution is -2.39. The van der Waals surface area contributed by atoms with Crippen molar-refractivity contribution in [2.45, 2.75) is 62.9 Å². The lowest BCUT2D eigenvalue weighted by atomic mass is 9.80. The second-order valence-corrected chi connectivity index (χ2v) is 6.45. The zero-order valence-electron chi connectivity index (χ0n) is 12.7. The highest BCUT2D eigenvalue weighted by Gasteiger charge is 2.26. The second-order valence-electron chi connectivity index (χ2n) is 6.45. The second kappa shape index (κ2) is 7.08. The first kappa shape index (κ1) is 14.6. The Morgan fingerprint density at radius 3 is 2.57 bits per heavy atom. The van der Waals surface area contributed by atoms with E-state index in [2.05, 4.69) is 41.0 Å². The van der Waals surface area contributed by atoms with Crippen molar-refractivity contribution in [1.29, 1.82) is 0 Å². The van der Waals surface area contributed by atoms with E-state index in [4.69, 9.17) is 0 Å². The van der Waals surface area contributed by atoms with Crippen LogP contribution in [0.4, 0.5) is 0 Å². The number of amides is 1. The molecule has 3 rings (SSSR count). The Kier molecular flexibility index (Phi) is 4.91. The molecule has 3 nitrogen and oxygen atoms in total. The van der Waals surface area contributed by atoms with E-state index < -0.39 is 0 Å². The van der Waals surface area contributed by atoms with Crippen molar-refractivity contribution in [2.24, 2.45) is 0 Å². The summed E-state index contributed by atoms with van der Waals surface area (Å²) in [6.45, 7) is 0.798. The Morgan fingerprint density at radius 1 is 1.05 bits per heavy atom. The van der Waals surface area contributed by atoms with Gasteiger partial charge < -0.3 is 10.6 Å². The molecule has 0 spiro atoms. The van der Waals surface area contributed by atoms with Crippen molar-refractivity contribution in [2.75, 3.05) is 6.54 Å². The molecule has 0 radical (unpaired) electrons. The van der Waals surface area contributed by atoms with Crippen molar-refractivity contribution in [1.82, 2.24) is 10.6 Å². The fraction of sp³-hybridized carbons (Fsp3) is 0.611. The van der Waals surface area contributed by atoms with Gasteiger partial charge >= 0.3 is 0 Å². The quantitative estimate of drug-likeness (QED) is 0.844. The fourth-order valence-corrected chi connectivity index (χ4v) is 3.37. The van der Waals surface area contributed by atoms with Crippen LogP contribution in [-0.4, -0.2) is 24.5 Å². The molecule has 0 aromatic heterocycles. The molecular formula is C18H26N2O. The van der Waals surface area contributed by atoms with E-state index in [0.717, 1.165) is 19.4 Å². The van der Waals surface area contributed by atoms with Gasteiger partial charge in [-0.1, -0.05) is 43.2 Å². The van der Waals surface area contributed by atoms with E-state index in [1.807, 2.05) is 0 Å². The maximum Gasteiger partial charge on any atom is 0.221 e. The monoisotopic (exact) mass is 286 g/mol. The molecule has 0 saturated heterocycles. The van der Waals surface area contributed by atoms with Crippen LogP contribution < -0.4 is 10.6 Å². The molecule has 1 aromatic carbocycles. The normalized spacial score (nSPS) is 25.5.